The molecule has 0 bridgehead atoms. The molecule has 0 fully saturated rings. The molecule has 0 spiro atoms. The number of nitrogens with zero attached hydrogens (tertiary/aromatic N) is 3. The summed E-state index contributed by atoms with van der Waals surface area (Å²) in [5.41, 5.74) is -1.12. The van der Waals surface area contributed by atoms with Crippen LogP contribution < -0.4 is 0 Å². The van der Waals surface area contributed by atoms with Crippen LogP contribution in [0.5, 0.6) is 0 Å². The molecular formula is C12H6F3N3O2S. The van der Waals surface area contributed by atoms with E-state index in [2.05, 4.69) is 10.1 Å². The number of hydrogen-bond donors (Lipinski definition) is 1. The van der Waals surface area contributed by atoms with Crippen molar-refractivity contribution < 1.29 is 23.1 Å². The second kappa shape index (κ2) is 4.55. The summed E-state index contributed by atoms with van der Waals surface area (Å²) in [6.07, 6.45) is -3.25. The third kappa shape index (κ3) is 2.25. The van der Waals surface area contributed by atoms with Gasteiger partial charge in [0, 0.05) is 11.6 Å². The van der Waals surface area contributed by atoms with Crippen LogP contribution in [0.25, 0.3) is 16.0 Å². The van der Waals surface area contributed by atoms with Gasteiger partial charge in [0.15, 0.2) is 11.5 Å². The highest BCUT2D eigenvalue weighted by Crippen LogP contribution is 2.38. The summed E-state index contributed by atoms with van der Waals surface area (Å²) < 4.78 is 40.1. The zero-order valence-corrected chi connectivity index (χ0v) is 10.9. The number of aromatic nitrogens is 3. The maximum atomic E-state index is 13.0. The van der Waals surface area contributed by atoms with Gasteiger partial charge < -0.3 is 5.11 Å². The van der Waals surface area contributed by atoms with E-state index in [4.69, 9.17) is 5.11 Å². The van der Waals surface area contributed by atoms with Crippen LogP contribution >= 0.6 is 11.3 Å². The van der Waals surface area contributed by atoms with Crippen molar-refractivity contribution in [2.45, 2.75) is 6.18 Å². The van der Waals surface area contributed by atoms with Gasteiger partial charge in [-0.2, -0.15) is 18.3 Å². The third-order valence-corrected chi connectivity index (χ3v) is 3.80. The van der Waals surface area contributed by atoms with Gasteiger partial charge in [-0.25, -0.2) is 14.5 Å². The van der Waals surface area contributed by atoms with E-state index in [9.17, 15) is 18.0 Å². The molecule has 3 aromatic heterocycles. The Morgan fingerprint density at radius 1 is 1.33 bits per heavy atom. The molecule has 0 saturated carbocycles. The van der Waals surface area contributed by atoms with Gasteiger partial charge in [-0.15, -0.1) is 11.3 Å². The fourth-order valence-electron chi connectivity index (χ4n) is 1.86. The fraction of sp³-hybridized carbons (Fsp3) is 0.0833. The fourth-order valence-corrected chi connectivity index (χ4v) is 2.82. The monoisotopic (exact) mass is 313 g/mol. The molecule has 0 aliphatic rings. The van der Waals surface area contributed by atoms with Crippen LogP contribution in [0.1, 0.15) is 15.4 Å². The topological polar surface area (TPSA) is 68.0 Å². The molecule has 0 aliphatic heterocycles. The van der Waals surface area contributed by atoms with Crippen LogP contribution in [0.3, 0.4) is 0 Å². The summed E-state index contributed by atoms with van der Waals surface area (Å²) >= 11 is 0.725. The number of rotatable bonds is 2. The van der Waals surface area contributed by atoms with E-state index in [0.29, 0.717) is 0 Å². The number of pyridine rings is 1. The van der Waals surface area contributed by atoms with Gasteiger partial charge >= 0.3 is 12.1 Å². The SMILES string of the molecule is O=C(O)c1cc2c(C(F)(F)F)nn(-c3ccccn3)c2s1. The van der Waals surface area contributed by atoms with E-state index in [1.54, 1.807) is 12.1 Å². The van der Waals surface area contributed by atoms with Crippen molar-refractivity contribution in [3.8, 4) is 5.82 Å². The molecule has 0 saturated heterocycles. The van der Waals surface area contributed by atoms with Gasteiger partial charge in [0.25, 0.3) is 0 Å². The Hall–Kier alpha value is -2.42. The molecule has 1 N–H and O–H groups in total. The number of thiophene rings is 1. The zero-order valence-electron chi connectivity index (χ0n) is 10.1. The molecule has 5 nitrogen and oxygen atoms in total. The van der Waals surface area contributed by atoms with Crippen molar-refractivity contribution in [3.63, 3.8) is 0 Å². The van der Waals surface area contributed by atoms with Crippen LogP contribution in [0.15, 0.2) is 30.5 Å². The molecule has 0 amide bonds. The number of carboxylic acids is 1. The zero-order chi connectivity index (χ0) is 15.2. The predicted octanol–water partition coefficient (Wildman–Crippen LogP) is 3.20. The Balaban J connectivity index is 2.32. The van der Waals surface area contributed by atoms with Crippen molar-refractivity contribution in [2.24, 2.45) is 0 Å². The molecular weight excluding hydrogens is 307 g/mol. The summed E-state index contributed by atoms with van der Waals surface area (Å²) in [6.45, 7) is 0. The number of aromatic carboxylic acids is 1. The summed E-state index contributed by atoms with van der Waals surface area (Å²) in [6, 6.07) is 5.70. The normalized spacial score (nSPS) is 12.0. The summed E-state index contributed by atoms with van der Waals surface area (Å²) in [4.78, 5) is 14.8. The van der Waals surface area contributed by atoms with Crippen LogP contribution in [0.2, 0.25) is 0 Å². The first kappa shape index (κ1) is 13.6. The number of fused-ring (bicyclic) bond motifs is 1. The Morgan fingerprint density at radius 3 is 2.67 bits per heavy atom. The average Bonchev–Trinajstić information content (AvgIpc) is 2.96. The molecule has 3 aromatic rings. The second-order valence-corrected chi connectivity index (χ2v) is 5.11. The van der Waals surface area contributed by atoms with Crippen molar-refractivity contribution >= 4 is 27.5 Å². The van der Waals surface area contributed by atoms with E-state index >= 15 is 0 Å². The van der Waals surface area contributed by atoms with Gasteiger partial charge in [-0.05, 0) is 18.2 Å². The van der Waals surface area contributed by atoms with Gasteiger partial charge in [-0.3, -0.25) is 0 Å². The lowest BCUT2D eigenvalue weighted by molar-refractivity contribution is -0.140. The van der Waals surface area contributed by atoms with Crippen molar-refractivity contribution in [1.29, 1.82) is 0 Å². The molecule has 0 unspecified atom stereocenters. The van der Waals surface area contributed by atoms with E-state index in [-0.39, 0.29) is 20.9 Å². The molecule has 0 aliphatic carbocycles. The minimum Gasteiger partial charge on any atom is -0.477 e. The highest BCUT2D eigenvalue weighted by Gasteiger charge is 2.38. The standard InChI is InChI=1S/C12H6F3N3O2S/c13-12(14,15)9-6-5-7(11(19)20)21-10(6)18(17-9)8-3-1-2-4-16-8/h1-5H,(H,19,20). The Kier molecular flexibility index (Phi) is 2.94. The average molecular weight is 313 g/mol. The summed E-state index contributed by atoms with van der Waals surface area (Å²) in [7, 11) is 0. The molecule has 0 atom stereocenters. The first-order chi connectivity index (χ1) is 9.88. The van der Waals surface area contributed by atoms with Crippen molar-refractivity contribution in [3.05, 3.63) is 41.0 Å². The second-order valence-electron chi connectivity index (χ2n) is 4.08. The quantitative estimate of drug-likeness (QED) is 0.789. The third-order valence-electron chi connectivity index (χ3n) is 2.71. The number of alkyl halides is 3. The van der Waals surface area contributed by atoms with E-state index in [0.717, 1.165) is 22.1 Å². The first-order valence-electron chi connectivity index (χ1n) is 5.62. The van der Waals surface area contributed by atoms with Gasteiger partial charge in [0.1, 0.15) is 9.71 Å². The molecule has 0 radical (unpaired) electrons. The first-order valence-corrected chi connectivity index (χ1v) is 6.44. The largest absolute Gasteiger partial charge is 0.477 e. The lowest BCUT2D eigenvalue weighted by Crippen LogP contribution is -2.08. The van der Waals surface area contributed by atoms with Crippen LogP contribution in [0, 0.1) is 0 Å². The molecule has 108 valence electrons. The molecule has 3 heterocycles. The van der Waals surface area contributed by atoms with E-state index in [1.165, 1.54) is 12.3 Å². The summed E-state index contributed by atoms with van der Waals surface area (Å²) in [5.74, 6) is -1.09. The molecule has 0 aromatic carbocycles. The maximum absolute atomic E-state index is 13.0. The Labute approximate surface area is 119 Å². The van der Waals surface area contributed by atoms with Crippen LogP contribution in [-0.4, -0.2) is 25.8 Å². The smallest absolute Gasteiger partial charge is 0.435 e. The van der Waals surface area contributed by atoms with E-state index < -0.39 is 17.8 Å². The molecule has 3 rings (SSSR count). The molecule has 21 heavy (non-hydrogen) atoms. The number of carboxylic acid groups (broad SMARTS) is 1. The maximum Gasteiger partial charge on any atom is 0.435 e. The lowest BCUT2D eigenvalue weighted by Gasteiger charge is -2.02. The van der Waals surface area contributed by atoms with Crippen LogP contribution in [-0.2, 0) is 6.18 Å². The minimum absolute atomic E-state index is 0.0958. The van der Waals surface area contributed by atoms with Gasteiger partial charge in [0.05, 0.1) is 0 Å². The Morgan fingerprint density at radius 2 is 2.10 bits per heavy atom. The van der Waals surface area contributed by atoms with Crippen molar-refractivity contribution in [2.75, 3.05) is 0 Å². The number of halogens is 3. The highest BCUT2D eigenvalue weighted by atomic mass is 32.1. The summed E-state index contributed by atoms with van der Waals surface area (Å²) in [5, 5.41) is 12.2. The predicted molar refractivity (Wildman–Crippen MR) is 68.7 cm³/mol. The van der Waals surface area contributed by atoms with Crippen molar-refractivity contribution in [1.82, 2.24) is 14.8 Å². The number of hydrogen-bond acceptors (Lipinski definition) is 4. The lowest BCUT2D eigenvalue weighted by atomic mass is 10.3. The van der Waals surface area contributed by atoms with E-state index in [1.807, 2.05) is 0 Å². The van der Waals surface area contributed by atoms with Gasteiger partial charge in [-0.1, -0.05) is 6.07 Å². The highest BCUT2D eigenvalue weighted by molar-refractivity contribution is 7.20. The minimum atomic E-state index is -4.67. The van der Waals surface area contributed by atoms with Gasteiger partial charge in [0.2, 0.25) is 0 Å². The van der Waals surface area contributed by atoms with Crippen LogP contribution in [0.4, 0.5) is 13.2 Å². The Bertz CT molecular complexity index is 824. The molecule has 9 heteroatoms. The number of carbonyl (C=O) groups is 1.